The first-order valence-corrected chi connectivity index (χ1v) is 6.95. The minimum Gasteiger partial charge on any atom is -0.507 e. The van der Waals surface area contributed by atoms with Gasteiger partial charge in [-0.3, -0.25) is 4.79 Å². The van der Waals surface area contributed by atoms with E-state index in [0.717, 1.165) is 10.4 Å². The number of carbonyl (C=O) groups excluding carboxylic acids is 1. The molecule has 0 unspecified atom stereocenters. The van der Waals surface area contributed by atoms with Crippen molar-refractivity contribution in [1.29, 1.82) is 0 Å². The van der Waals surface area contributed by atoms with Gasteiger partial charge in [0.15, 0.2) is 0 Å². The summed E-state index contributed by atoms with van der Waals surface area (Å²) in [4.78, 5) is 23.5. The first kappa shape index (κ1) is 14.8. The van der Waals surface area contributed by atoms with Crippen molar-refractivity contribution in [1.82, 2.24) is 0 Å². The number of phenols is 1. The summed E-state index contributed by atoms with van der Waals surface area (Å²) in [5.74, 6) is -1.97. The molecule has 1 aromatic carbocycles. The number of benzene rings is 1. The SMILES string of the molecule is Cc1ccsc1/C=C/C(=O)Nc1ccc(C(=O)O)c(O)c1. The minimum absolute atomic E-state index is 0.210. The number of anilines is 1. The number of nitrogens with one attached hydrogen (secondary N) is 1. The van der Waals surface area contributed by atoms with Crippen LogP contribution in [-0.2, 0) is 4.79 Å². The van der Waals surface area contributed by atoms with Gasteiger partial charge in [0.25, 0.3) is 0 Å². The number of rotatable bonds is 4. The minimum atomic E-state index is -1.22. The fraction of sp³-hybridized carbons (Fsp3) is 0.0667. The van der Waals surface area contributed by atoms with Crippen LogP contribution in [0.25, 0.3) is 6.08 Å². The maximum Gasteiger partial charge on any atom is 0.339 e. The van der Waals surface area contributed by atoms with Gasteiger partial charge >= 0.3 is 5.97 Å². The van der Waals surface area contributed by atoms with Crippen molar-refractivity contribution in [2.45, 2.75) is 6.92 Å². The Balaban J connectivity index is 2.06. The standard InChI is InChI=1S/C15H13NO4S/c1-9-6-7-21-13(9)4-5-14(18)16-10-2-3-11(15(19)20)12(17)8-10/h2-8,17H,1H3,(H,16,18)(H,19,20)/b5-4+. The molecule has 1 aromatic heterocycles. The van der Waals surface area contributed by atoms with Gasteiger partial charge in [-0.05, 0) is 42.1 Å². The van der Waals surface area contributed by atoms with Crippen molar-refractivity contribution in [3.8, 4) is 5.75 Å². The average Bonchev–Trinajstić information content (AvgIpc) is 2.81. The van der Waals surface area contributed by atoms with Crippen molar-refractivity contribution < 1.29 is 19.8 Å². The number of hydrogen-bond donors (Lipinski definition) is 3. The molecule has 21 heavy (non-hydrogen) atoms. The third-order valence-electron chi connectivity index (χ3n) is 2.78. The molecule has 6 heteroatoms. The lowest BCUT2D eigenvalue weighted by Gasteiger charge is -2.04. The van der Waals surface area contributed by atoms with E-state index in [4.69, 9.17) is 5.11 Å². The highest BCUT2D eigenvalue weighted by molar-refractivity contribution is 7.11. The number of amides is 1. The monoisotopic (exact) mass is 303 g/mol. The molecule has 0 spiro atoms. The predicted molar refractivity (Wildman–Crippen MR) is 81.8 cm³/mol. The lowest BCUT2D eigenvalue weighted by molar-refractivity contribution is -0.111. The molecule has 0 saturated heterocycles. The van der Waals surface area contributed by atoms with Crippen LogP contribution < -0.4 is 5.32 Å². The molecule has 5 nitrogen and oxygen atoms in total. The van der Waals surface area contributed by atoms with Crippen LogP contribution in [0.4, 0.5) is 5.69 Å². The van der Waals surface area contributed by atoms with Gasteiger partial charge < -0.3 is 15.5 Å². The zero-order chi connectivity index (χ0) is 15.4. The van der Waals surface area contributed by atoms with Crippen LogP contribution >= 0.6 is 11.3 Å². The quantitative estimate of drug-likeness (QED) is 0.757. The first-order chi connectivity index (χ1) is 9.97. The summed E-state index contributed by atoms with van der Waals surface area (Å²) in [5, 5.41) is 22.8. The van der Waals surface area contributed by atoms with Gasteiger partial charge in [0.2, 0.25) is 5.91 Å². The molecule has 2 rings (SSSR count). The molecule has 2 aromatic rings. The van der Waals surface area contributed by atoms with E-state index in [1.165, 1.54) is 35.6 Å². The molecule has 0 fully saturated rings. The maximum absolute atomic E-state index is 11.8. The molecule has 108 valence electrons. The summed E-state index contributed by atoms with van der Waals surface area (Å²) in [6.45, 7) is 1.96. The van der Waals surface area contributed by atoms with Crippen LogP contribution in [0.2, 0.25) is 0 Å². The third kappa shape index (κ3) is 3.70. The van der Waals surface area contributed by atoms with E-state index in [-0.39, 0.29) is 11.5 Å². The summed E-state index contributed by atoms with van der Waals surface area (Å²) >= 11 is 1.53. The molecule has 0 radical (unpaired) electrons. The number of aryl methyl sites for hydroxylation is 1. The van der Waals surface area contributed by atoms with Gasteiger partial charge in [0.05, 0.1) is 0 Å². The van der Waals surface area contributed by atoms with Gasteiger partial charge in [-0.25, -0.2) is 4.79 Å². The van der Waals surface area contributed by atoms with E-state index in [1.807, 2.05) is 18.4 Å². The van der Waals surface area contributed by atoms with Crippen LogP contribution in [0.15, 0.2) is 35.7 Å². The molecule has 3 N–H and O–H groups in total. The smallest absolute Gasteiger partial charge is 0.339 e. The summed E-state index contributed by atoms with van der Waals surface area (Å²) in [7, 11) is 0. The van der Waals surface area contributed by atoms with Gasteiger partial charge in [0.1, 0.15) is 11.3 Å². The number of aromatic carboxylic acids is 1. The van der Waals surface area contributed by atoms with Crippen molar-refractivity contribution >= 4 is 35.0 Å². The Morgan fingerprint density at radius 1 is 1.29 bits per heavy atom. The highest BCUT2D eigenvalue weighted by Crippen LogP contribution is 2.22. The number of hydrogen-bond acceptors (Lipinski definition) is 4. The molecule has 0 aliphatic heterocycles. The number of carboxylic acid groups (broad SMARTS) is 1. The van der Waals surface area contributed by atoms with Gasteiger partial charge in [-0.15, -0.1) is 11.3 Å². The zero-order valence-electron chi connectivity index (χ0n) is 11.2. The largest absolute Gasteiger partial charge is 0.507 e. The second-order valence-corrected chi connectivity index (χ2v) is 5.28. The molecule has 0 saturated carbocycles. The topological polar surface area (TPSA) is 86.6 Å². The van der Waals surface area contributed by atoms with Crippen molar-refractivity contribution in [3.63, 3.8) is 0 Å². The Labute approximate surface area is 125 Å². The van der Waals surface area contributed by atoms with Gasteiger partial charge in [-0.2, -0.15) is 0 Å². The Bertz CT molecular complexity index is 718. The summed E-state index contributed by atoms with van der Waals surface area (Å²) in [5.41, 5.74) is 1.21. The lowest BCUT2D eigenvalue weighted by atomic mass is 10.2. The molecule has 1 amide bonds. The highest BCUT2D eigenvalue weighted by Gasteiger charge is 2.10. The van der Waals surface area contributed by atoms with Crippen LogP contribution in [0.1, 0.15) is 20.8 Å². The molecule has 0 atom stereocenters. The fourth-order valence-corrected chi connectivity index (χ4v) is 2.50. The molecule has 1 heterocycles. The van der Waals surface area contributed by atoms with E-state index < -0.39 is 11.7 Å². The van der Waals surface area contributed by atoms with Crippen molar-refractivity contribution in [2.24, 2.45) is 0 Å². The second-order valence-electron chi connectivity index (χ2n) is 4.33. The van der Waals surface area contributed by atoms with E-state index >= 15 is 0 Å². The maximum atomic E-state index is 11.8. The first-order valence-electron chi connectivity index (χ1n) is 6.07. The number of thiophene rings is 1. The molecule has 0 aliphatic rings. The molecule has 0 bridgehead atoms. The number of aromatic hydroxyl groups is 1. The van der Waals surface area contributed by atoms with E-state index in [2.05, 4.69) is 5.32 Å². The molecular formula is C15H13NO4S. The molecular weight excluding hydrogens is 290 g/mol. The Hall–Kier alpha value is -2.60. The van der Waals surface area contributed by atoms with Crippen LogP contribution in [0.3, 0.4) is 0 Å². The summed E-state index contributed by atoms with van der Waals surface area (Å²) in [6.07, 6.45) is 3.10. The third-order valence-corrected chi connectivity index (χ3v) is 3.77. The Kier molecular flexibility index (Phi) is 4.39. The number of carboxylic acids is 1. The Morgan fingerprint density at radius 2 is 2.05 bits per heavy atom. The van der Waals surface area contributed by atoms with E-state index in [0.29, 0.717) is 5.69 Å². The predicted octanol–water partition coefficient (Wildman–Crippen LogP) is 3.11. The lowest BCUT2D eigenvalue weighted by Crippen LogP contribution is -2.08. The van der Waals surface area contributed by atoms with Crippen LogP contribution in [0, 0.1) is 6.92 Å². The average molecular weight is 303 g/mol. The number of carbonyl (C=O) groups is 2. The highest BCUT2D eigenvalue weighted by atomic mass is 32.1. The normalized spacial score (nSPS) is 10.7. The summed E-state index contributed by atoms with van der Waals surface area (Å²) in [6, 6.07) is 5.82. The summed E-state index contributed by atoms with van der Waals surface area (Å²) < 4.78 is 0. The fourth-order valence-electron chi connectivity index (χ4n) is 1.68. The van der Waals surface area contributed by atoms with E-state index in [1.54, 1.807) is 6.08 Å². The van der Waals surface area contributed by atoms with Crippen molar-refractivity contribution in [3.05, 3.63) is 51.7 Å². The Morgan fingerprint density at radius 3 is 2.62 bits per heavy atom. The van der Waals surface area contributed by atoms with Crippen molar-refractivity contribution in [2.75, 3.05) is 5.32 Å². The van der Waals surface area contributed by atoms with Crippen LogP contribution in [-0.4, -0.2) is 22.1 Å². The molecule has 0 aliphatic carbocycles. The van der Waals surface area contributed by atoms with E-state index in [9.17, 15) is 14.7 Å². The van der Waals surface area contributed by atoms with Crippen LogP contribution in [0.5, 0.6) is 5.75 Å². The zero-order valence-corrected chi connectivity index (χ0v) is 12.0. The second kappa shape index (κ2) is 6.23. The van der Waals surface area contributed by atoms with Gasteiger partial charge in [0, 0.05) is 22.7 Å². The van der Waals surface area contributed by atoms with Gasteiger partial charge in [-0.1, -0.05) is 0 Å².